The third-order valence-corrected chi connectivity index (χ3v) is 8.82. The van der Waals surface area contributed by atoms with Gasteiger partial charge in [0.1, 0.15) is 33.9 Å². The second-order valence-corrected chi connectivity index (χ2v) is 11.4. The van der Waals surface area contributed by atoms with E-state index in [2.05, 4.69) is 81.0 Å². The normalized spacial score (nSPS) is 33.5. The molecule has 31 heavy (non-hydrogen) atoms. The smallest absolute Gasteiger partial charge is 0.144 e. The molecule has 2 unspecified atom stereocenters. The third kappa shape index (κ3) is 3.19. The van der Waals surface area contributed by atoms with Crippen molar-refractivity contribution >= 4 is 0 Å². The molecule has 2 rings (SSSR count). The van der Waals surface area contributed by atoms with E-state index in [1.165, 1.54) is 0 Å². The number of hydrogen-bond donors (Lipinski definition) is 0. The van der Waals surface area contributed by atoms with Crippen molar-refractivity contribution in [3.63, 3.8) is 0 Å². The summed E-state index contributed by atoms with van der Waals surface area (Å²) in [6, 6.07) is 0. The molecule has 172 valence electrons. The Balaban J connectivity index is 2.42. The zero-order valence-corrected chi connectivity index (χ0v) is 21.5. The largest absolute Gasteiger partial charge is 0.487 e. The summed E-state index contributed by atoms with van der Waals surface area (Å²) >= 11 is 0. The van der Waals surface area contributed by atoms with Crippen molar-refractivity contribution in [2.24, 2.45) is 16.2 Å². The maximum absolute atomic E-state index is 6.66. The highest BCUT2D eigenvalue weighted by Crippen LogP contribution is 2.62. The first-order chi connectivity index (χ1) is 13.6. The zero-order valence-electron chi connectivity index (χ0n) is 21.5. The monoisotopic (exact) mass is 426 g/mol. The van der Waals surface area contributed by atoms with Crippen molar-refractivity contribution in [1.29, 1.82) is 0 Å². The molecule has 3 nitrogen and oxygen atoms in total. The molecule has 3 heteroatoms. The van der Waals surface area contributed by atoms with Gasteiger partial charge in [0.2, 0.25) is 0 Å². The first kappa shape index (κ1) is 25.3. The first-order valence-electron chi connectivity index (χ1n) is 10.8. The molecule has 0 radical (unpaired) electrons. The Labute approximate surface area is 190 Å². The van der Waals surface area contributed by atoms with Crippen LogP contribution >= 0.6 is 0 Å². The lowest BCUT2D eigenvalue weighted by Gasteiger charge is -2.62. The van der Waals surface area contributed by atoms with Gasteiger partial charge in [0.05, 0.1) is 5.60 Å². The first-order valence-corrected chi connectivity index (χ1v) is 10.8. The summed E-state index contributed by atoms with van der Waals surface area (Å²) in [4.78, 5) is 0. The van der Waals surface area contributed by atoms with Crippen LogP contribution in [0.2, 0.25) is 0 Å². The van der Waals surface area contributed by atoms with Gasteiger partial charge in [0, 0.05) is 5.41 Å². The van der Waals surface area contributed by atoms with Crippen LogP contribution in [-0.2, 0) is 14.2 Å². The molecule has 2 heterocycles. The van der Waals surface area contributed by atoms with Crippen LogP contribution in [0.1, 0.15) is 69.2 Å². The van der Waals surface area contributed by atoms with E-state index in [4.69, 9.17) is 14.2 Å². The second kappa shape index (κ2) is 6.75. The molecule has 2 fully saturated rings. The molecule has 0 bridgehead atoms. The van der Waals surface area contributed by atoms with E-state index in [-0.39, 0.29) is 10.8 Å². The van der Waals surface area contributed by atoms with Crippen LogP contribution < -0.4 is 0 Å². The molecule has 0 aromatic heterocycles. The van der Waals surface area contributed by atoms with Gasteiger partial charge in [-0.15, -0.1) is 0 Å². The Morgan fingerprint density at radius 3 is 1.71 bits per heavy atom. The van der Waals surface area contributed by atoms with Crippen LogP contribution in [0.5, 0.6) is 0 Å². The minimum atomic E-state index is -0.906. The van der Waals surface area contributed by atoms with Gasteiger partial charge in [-0.05, 0) is 63.7 Å². The maximum atomic E-state index is 6.66. The summed E-state index contributed by atoms with van der Waals surface area (Å²) in [5.41, 5.74) is -0.726. The van der Waals surface area contributed by atoms with Crippen LogP contribution in [0.3, 0.4) is 0 Å². The van der Waals surface area contributed by atoms with Crippen molar-refractivity contribution in [2.75, 3.05) is 0 Å². The molecule has 0 amide bonds. The van der Waals surface area contributed by atoms with Gasteiger partial charge in [-0.3, -0.25) is 0 Å². The zero-order chi connectivity index (χ0) is 24.6. The molecule has 0 N–H and O–H groups in total. The average Bonchev–Trinajstić information content (AvgIpc) is 2.61. The predicted molar refractivity (Wildman–Crippen MR) is 130 cm³/mol. The van der Waals surface area contributed by atoms with Gasteiger partial charge in [-0.2, -0.15) is 0 Å². The fourth-order valence-corrected chi connectivity index (χ4v) is 4.63. The molecule has 0 spiro atoms. The molecule has 2 saturated heterocycles. The van der Waals surface area contributed by atoms with Gasteiger partial charge in [0.15, 0.2) is 0 Å². The average molecular weight is 427 g/mol. The summed E-state index contributed by atoms with van der Waals surface area (Å²) < 4.78 is 19.0. The summed E-state index contributed by atoms with van der Waals surface area (Å²) in [7, 11) is 0. The fraction of sp³-hybridized carbons (Fsp3) is 0.571. The second-order valence-electron chi connectivity index (χ2n) is 11.4. The van der Waals surface area contributed by atoms with Gasteiger partial charge < -0.3 is 14.2 Å². The Kier molecular flexibility index (Phi) is 5.50. The highest BCUT2D eigenvalue weighted by atomic mass is 16.6. The molecule has 0 saturated carbocycles. The lowest BCUT2D eigenvalue weighted by atomic mass is 9.52. The van der Waals surface area contributed by atoms with Crippen LogP contribution in [-0.4, -0.2) is 16.8 Å². The van der Waals surface area contributed by atoms with E-state index in [1.54, 1.807) is 0 Å². The van der Waals surface area contributed by atoms with Crippen LogP contribution in [0.25, 0.3) is 0 Å². The van der Waals surface area contributed by atoms with E-state index < -0.39 is 22.2 Å². The van der Waals surface area contributed by atoms with E-state index in [1.807, 2.05) is 27.7 Å². The van der Waals surface area contributed by atoms with Crippen molar-refractivity contribution in [1.82, 2.24) is 0 Å². The number of rotatable bonds is 4. The van der Waals surface area contributed by atoms with Crippen molar-refractivity contribution in [2.45, 2.75) is 86.0 Å². The van der Waals surface area contributed by atoms with Gasteiger partial charge in [-0.25, -0.2) is 0 Å². The molecule has 0 aromatic carbocycles. The maximum Gasteiger partial charge on any atom is 0.144 e. The minimum Gasteiger partial charge on any atom is -0.487 e. The molecule has 2 aliphatic heterocycles. The summed E-state index contributed by atoms with van der Waals surface area (Å²) in [5, 5.41) is 0. The highest BCUT2D eigenvalue weighted by Gasteiger charge is 2.61. The van der Waals surface area contributed by atoms with Crippen molar-refractivity contribution < 1.29 is 14.2 Å². The topological polar surface area (TPSA) is 27.7 Å². The number of hydrogen-bond acceptors (Lipinski definition) is 3. The van der Waals surface area contributed by atoms with Crippen molar-refractivity contribution in [3.05, 3.63) is 73.5 Å². The van der Waals surface area contributed by atoms with Crippen LogP contribution in [0.15, 0.2) is 73.5 Å². The van der Waals surface area contributed by atoms with Gasteiger partial charge in [0.25, 0.3) is 0 Å². The Bertz CT molecular complexity index is 909. The highest BCUT2D eigenvalue weighted by molar-refractivity contribution is 5.50. The lowest BCUT2D eigenvalue weighted by Crippen LogP contribution is -2.63. The quantitative estimate of drug-likeness (QED) is 0.341. The molecule has 0 aromatic rings. The molecule has 2 aliphatic rings. The van der Waals surface area contributed by atoms with Crippen molar-refractivity contribution in [3.8, 4) is 0 Å². The van der Waals surface area contributed by atoms with Gasteiger partial charge >= 0.3 is 0 Å². The summed E-state index contributed by atoms with van der Waals surface area (Å²) in [5.74, 6) is 1.36. The van der Waals surface area contributed by atoms with Crippen LogP contribution in [0.4, 0.5) is 0 Å². The predicted octanol–water partition coefficient (Wildman–Crippen LogP) is 7.65. The SMILES string of the molecule is C=C1C(=C)C(C)(C(=C)OC(=C)C2(C)OC(C)(C)C(C)(C)C(C)(C)C2=C)C(=C)OC1(C)C. The lowest BCUT2D eigenvalue weighted by molar-refractivity contribution is -0.228. The standard InChI is InChI=1S/C28H42O3/c1-17-18(2)27(15,21(5)30-24(17,9)10)20(4)29-22(6)28(16)19(3)23(7,8)25(11,12)26(13,14)31-28/h1-6H2,7-16H3. The summed E-state index contributed by atoms with van der Waals surface area (Å²) in [6.07, 6.45) is 0. The Morgan fingerprint density at radius 2 is 1.23 bits per heavy atom. The third-order valence-electron chi connectivity index (χ3n) is 8.82. The minimum absolute atomic E-state index is 0.164. The van der Waals surface area contributed by atoms with E-state index in [0.717, 1.165) is 16.7 Å². The van der Waals surface area contributed by atoms with E-state index >= 15 is 0 Å². The summed E-state index contributed by atoms with van der Waals surface area (Å²) in [6.45, 7) is 46.3. The van der Waals surface area contributed by atoms with Gasteiger partial charge in [-0.1, -0.05) is 67.2 Å². The molecule has 2 atom stereocenters. The fourth-order valence-electron chi connectivity index (χ4n) is 4.63. The number of ether oxygens (including phenoxy) is 3. The van der Waals surface area contributed by atoms with E-state index in [9.17, 15) is 0 Å². The Morgan fingerprint density at radius 1 is 0.742 bits per heavy atom. The molecule has 0 aliphatic carbocycles. The van der Waals surface area contributed by atoms with E-state index in [0.29, 0.717) is 17.3 Å². The van der Waals surface area contributed by atoms with Crippen LogP contribution in [0, 0.1) is 16.2 Å². The molecular weight excluding hydrogens is 384 g/mol. The molecular formula is C28H42O3. The Hall–Kier alpha value is -2.00.